The average molecular weight is 164 g/mol. The number of aromatic nitrogens is 1. The average Bonchev–Trinajstić information content (AvgIpc) is 2.21. The number of morpholine rings is 1. The lowest BCUT2D eigenvalue weighted by Crippen LogP contribution is -2.33. The molecule has 1 saturated heterocycles. The predicted molar refractivity (Wildman–Crippen MR) is 45.8 cm³/mol. The second-order valence-corrected chi connectivity index (χ2v) is 2.84. The van der Waals surface area contributed by atoms with Crippen molar-refractivity contribution in [1.29, 1.82) is 0 Å². The molecule has 1 aliphatic rings. The quantitative estimate of drug-likeness (QED) is 0.664. The van der Waals surface area contributed by atoms with E-state index < -0.39 is 0 Å². The smallest absolute Gasteiger partial charge is 0.0950 e. The molecule has 1 aliphatic heterocycles. The molecule has 0 spiro atoms. The third kappa shape index (κ3) is 1.62. The molecule has 1 aromatic rings. The van der Waals surface area contributed by atoms with Crippen molar-refractivity contribution in [3.05, 3.63) is 30.1 Å². The third-order valence-corrected chi connectivity index (χ3v) is 2.01. The van der Waals surface area contributed by atoms with Crippen LogP contribution >= 0.6 is 0 Å². The lowest BCUT2D eigenvalue weighted by molar-refractivity contribution is 0.0276. The van der Waals surface area contributed by atoms with Crippen LogP contribution in [0.15, 0.2) is 24.5 Å². The number of ether oxygens (including phenoxy) is 1. The number of rotatable bonds is 1. The second-order valence-electron chi connectivity index (χ2n) is 2.84. The van der Waals surface area contributed by atoms with Gasteiger partial charge in [-0.15, -0.1) is 0 Å². The van der Waals surface area contributed by atoms with E-state index in [9.17, 15) is 0 Å². The molecule has 1 aromatic heterocycles. The third-order valence-electron chi connectivity index (χ3n) is 2.01. The van der Waals surface area contributed by atoms with Gasteiger partial charge in [-0.05, 0) is 17.7 Å². The van der Waals surface area contributed by atoms with E-state index in [1.54, 1.807) is 12.4 Å². The first-order chi connectivity index (χ1) is 5.97. The molecule has 1 atom stereocenters. The van der Waals surface area contributed by atoms with Crippen molar-refractivity contribution in [3.8, 4) is 0 Å². The Morgan fingerprint density at radius 3 is 2.92 bits per heavy atom. The Bertz CT molecular complexity index is 232. The van der Waals surface area contributed by atoms with Crippen molar-refractivity contribution in [3.63, 3.8) is 0 Å². The SMILES string of the molecule is c1cc(C2CNCCO2)ccn1. The Hall–Kier alpha value is -0.930. The van der Waals surface area contributed by atoms with Gasteiger partial charge >= 0.3 is 0 Å². The van der Waals surface area contributed by atoms with Crippen molar-refractivity contribution in [1.82, 2.24) is 10.3 Å². The first kappa shape index (κ1) is 7.71. The molecule has 0 radical (unpaired) electrons. The summed E-state index contributed by atoms with van der Waals surface area (Å²) in [6.45, 7) is 2.67. The molecule has 0 aromatic carbocycles. The van der Waals surface area contributed by atoms with Gasteiger partial charge in [0.05, 0.1) is 12.7 Å². The van der Waals surface area contributed by atoms with Gasteiger partial charge in [0.25, 0.3) is 0 Å². The van der Waals surface area contributed by atoms with Crippen molar-refractivity contribution >= 4 is 0 Å². The molecular formula is C9H12N2O. The Balaban J connectivity index is 2.08. The summed E-state index contributed by atoms with van der Waals surface area (Å²) in [4.78, 5) is 3.96. The van der Waals surface area contributed by atoms with Crippen LogP contribution in [0.1, 0.15) is 11.7 Å². The predicted octanol–water partition coefficient (Wildman–Crippen LogP) is 0.742. The minimum absolute atomic E-state index is 0.210. The molecule has 3 heteroatoms. The minimum atomic E-state index is 0.210. The molecular weight excluding hydrogens is 152 g/mol. The summed E-state index contributed by atoms with van der Waals surface area (Å²) in [5, 5.41) is 3.29. The summed E-state index contributed by atoms with van der Waals surface area (Å²) in [6.07, 6.45) is 3.81. The molecule has 0 amide bonds. The zero-order chi connectivity index (χ0) is 8.23. The maximum absolute atomic E-state index is 5.57. The van der Waals surface area contributed by atoms with Crippen molar-refractivity contribution in [2.75, 3.05) is 19.7 Å². The Morgan fingerprint density at radius 2 is 2.25 bits per heavy atom. The van der Waals surface area contributed by atoms with Crippen molar-refractivity contribution in [2.24, 2.45) is 0 Å². The first-order valence-electron chi connectivity index (χ1n) is 4.19. The summed E-state index contributed by atoms with van der Waals surface area (Å²) in [7, 11) is 0. The van der Waals surface area contributed by atoms with Crippen LogP contribution in [-0.2, 0) is 4.74 Å². The van der Waals surface area contributed by atoms with Crippen LogP contribution < -0.4 is 5.32 Å². The van der Waals surface area contributed by atoms with E-state index in [0.29, 0.717) is 0 Å². The van der Waals surface area contributed by atoms with Gasteiger partial charge in [0.15, 0.2) is 0 Å². The van der Waals surface area contributed by atoms with E-state index in [1.807, 2.05) is 12.1 Å². The molecule has 3 nitrogen and oxygen atoms in total. The number of pyridine rings is 1. The van der Waals surface area contributed by atoms with E-state index in [4.69, 9.17) is 4.74 Å². The highest BCUT2D eigenvalue weighted by Crippen LogP contribution is 2.16. The van der Waals surface area contributed by atoms with Crippen LogP contribution in [0.2, 0.25) is 0 Å². The fourth-order valence-electron chi connectivity index (χ4n) is 1.36. The highest BCUT2D eigenvalue weighted by molar-refractivity contribution is 5.14. The highest BCUT2D eigenvalue weighted by Gasteiger charge is 2.14. The molecule has 0 saturated carbocycles. The number of nitrogens with zero attached hydrogens (tertiary/aromatic N) is 1. The van der Waals surface area contributed by atoms with Gasteiger partial charge in [-0.25, -0.2) is 0 Å². The molecule has 2 heterocycles. The lowest BCUT2D eigenvalue weighted by atomic mass is 10.1. The molecule has 64 valence electrons. The molecule has 1 unspecified atom stereocenters. The topological polar surface area (TPSA) is 34.1 Å². The van der Waals surface area contributed by atoms with Gasteiger partial charge in [0.2, 0.25) is 0 Å². The second kappa shape index (κ2) is 3.65. The first-order valence-corrected chi connectivity index (χ1v) is 4.19. The maximum Gasteiger partial charge on any atom is 0.0950 e. The van der Waals surface area contributed by atoms with Crippen LogP contribution in [0.25, 0.3) is 0 Å². The Kier molecular flexibility index (Phi) is 2.34. The largest absolute Gasteiger partial charge is 0.371 e. The van der Waals surface area contributed by atoms with E-state index in [1.165, 1.54) is 5.56 Å². The van der Waals surface area contributed by atoms with E-state index in [0.717, 1.165) is 19.7 Å². The fraction of sp³-hybridized carbons (Fsp3) is 0.444. The standard InChI is InChI=1S/C9H12N2O/c1-3-10-4-2-8(1)9-7-11-5-6-12-9/h1-4,9,11H,5-7H2. The fourth-order valence-corrected chi connectivity index (χ4v) is 1.36. The van der Waals surface area contributed by atoms with Crippen LogP contribution in [-0.4, -0.2) is 24.7 Å². The molecule has 12 heavy (non-hydrogen) atoms. The van der Waals surface area contributed by atoms with Crippen LogP contribution in [0.5, 0.6) is 0 Å². The monoisotopic (exact) mass is 164 g/mol. The molecule has 2 rings (SSSR count). The van der Waals surface area contributed by atoms with Crippen molar-refractivity contribution in [2.45, 2.75) is 6.10 Å². The molecule has 1 N–H and O–H groups in total. The minimum Gasteiger partial charge on any atom is -0.371 e. The van der Waals surface area contributed by atoms with Gasteiger partial charge in [-0.1, -0.05) is 0 Å². The highest BCUT2D eigenvalue weighted by atomic mass is 16.5. The van der Waals surface area contributed by atoms with Gasteiger partial charge in [-0.3, -0.25) is 4.98 Å². The van der Waals surface area contributed by atoms with E-state index in [2.05, 4.69) is 10.3 Å². The summed E-state index contributed by atoms with van der Waals surface area (Å²) in [5.74, 6) is 0. The number of nitrogens with one attached hydrogen (secondary N) is 1. The summed E-state index contributed by atoms with van der Waals surface area (Å²) < 4.78 is 5.57. The lowest BCUT2D eigenvalue weighted by Gasteiger charge is -2.23. The normalized spacial score (nSPS) is 23.8. The van der Waals surface area contributed by atoms with Gasteiger partial charge < -0.3 is 10.1 Å². The summed E-state index contributed by atoms with van der Waals surface area (Å²) in [5.41, 5.74) is 1.21. The zero-order valence-electron chi connectivity index (χ0n) is 6.86. The van der Waals surface area contributed by atoms with Gasteiger partial charge in [-0.2, -0.15) is 0 Å². The Labute approximate surface area is 71.8 Å². The van der Waals surface area contributed by atoms with Crippen molar-refractivity contribution < 1.29 is 4.74 Å². The van der Waals surface area contributed by atoms with E-state index >= 15 is 0 Å². The van der Waals surface area contributed by atoms with Crippen LogP contribution in [0.4, 0.5) is 0 Å². The zero-order valence-corrected chi connectivity index (χ0v) is 6.86. The molecule has 1 fully saturated rings. The number of hydrogen-bond acceptors (Lipinski definition) is 3. The van der Waals surface area contributed by atoms with Gasteiger partial charge in [0.1, 0.15) is 0 Å². The van der Waals surface area contributed by atoms with Crippen LogP contribution in [0, 0.1) is 0 Å². The number of hydrogen-bond donors (Lipinski definition) is 1. The maximum atomic E-state index is 5.57. The Morgan fingerprint density at radius 1 is 1.42 bits per heavy atom. The van der Waals surface area contributed by atoms with Gasteiger partial charge in [0, 0.05) is 25.5 Å². The summed E-state index contributed by atoms with van der Waals surface area (Å²) >= 11 is 0. The van der Waals surface area contributed by atoms with Crippen LogP contribution in [0.3, 0.4) is 0 Å². The molecule has 0 aliphatic carbocycles. The molecule has 0 bridgehead atoms. The van der Waals surface area contributed by atoms with E-state index in [-0.39, 0.29) is 6.10 Å². The summed E-state index contributed by atoms with van der Waals surface area (Å²) in [6, 6.07) is 4.00.